The molecule has 1 atom stereocenters. The van der Waals surface area contributed by atoms with Gasteiger partial charge in [0.05, 0.1) is 22.9 Å². The van der Waals surface area contributed by atoms with Crippen LogP contribution in [-0.2, 0) is 13.0 Å². The first-order valence-corrected chi connectivity index (χ1v) is 11.1. The Bertz CT molecular complexity index is 1150. The number of rotatable bonds is 7. The first kappa shape index (κ1) is 19.2. The van der Waals surface area contributed by atoms with Crippen LogP contribution in [0.5, 0.6) is 0 Å². The molecule has 30 heavy (non-hydrogen) atoms. The smallest absolute Gasteiger partial charge is 0.0784 e. The van der Waals surface area contributed by atoms with Gasteiger partial charge in [-0.25, -0.2) is 0 Å². The van der Waals surface area contributed by atoms with Crippen LogP contribution in [0.3, 0.4) is 0 Å². The Morgan fingerprint density at radius 3 is 2.87 bits per heavy atom. The van der Waals surface area contributed by atoms with Gasteiger partial charge < -0.3 is 10.7 Å². The molecule has 3 aromatic heterocycles. The Balaban J connectivity index is 1.52. The number of aryl methyl sites for hydroxylation is 1. The van der Waals surface area contributed by atoms with Gasteiger partial charge in [-0.2, -0.15) is 0 Å². The monoisotopic (exact) mass is 399 g/mol. The molecule has 154 valence electrons. The molecule has 1 aromatic carbocycles. The number of pyridine rings is 2. The normalized spacial score (nSPS) is 16.4. The maximum absolute atomic E-state index is 5.79. The second kappa shape index (κ2) is 8.54. The van der Waals surface area contributed by atoms with E-state index >= 15 is 0 Å². The number of nitrogens with two attached hydrogens (primary N) is 1. The summed E-state index contributed by atoms with van der Waals surface area (Å²) >= 11 is 0. The first-order chi connectivity index (χ1) is 14.8. The lowest BCUT2D eigenvalue weighted by molar-refractivity contribution is 0.161. The predicted molar refractivity (Wildman–Crippen MR) is 122 cm³/mol. The molecule has 0 aliphatic heterocycles. The Morgan fingerprint density at radius 1 is 1.00 bits per heavy atom. The minimum Gasteiger partial charge on any atom is -0.353 e. The van der Waals surface area contributed by atoms with Gasteiger partial charge in [0.1, 0.15) is 0 Å². The van der Waals surface area contributed by atoms with Crippen LogP contribution in [0.25, 0.3) is 21.8 Å². The van der Waals surface area contributed by atoms with E-state index in [0.717, 1.165) is 56.5 Å². The van der Waals surface area contributed by atoms with Crippen molar-refractivity contribution in [3.8, 4) is 0 Å². The number of nitrogens with one attached hydrogen (secondary N) is 1. The Hall–Kier alpha value is -2.76. The van der Waals surface area contributed by atoms with E-state index < -0.39 is 0 Å². The quantitative estimate of drug-likeness (QED) is 0.441. The van der Waals surface area contributed by atoms with E-state index in [1.807, 2.05) is 12.4 Å². The summed E-state index contributed by atoms with van der Waals surface area (Å²) in [5.74, 6) is 0. The summed E-state index contributed by atoms with van der Waals surface area (Å²) in [5.41, 5.74) is 11.9. The number of hydrogen-bond donors (Lipinski definition) is 2. The number of aromatic nitrogens is 3. The van der Waals surface area contributed by atoms with Crippen LogP contribution < -0.4 is 5.73 Å². The molecule has 0 bridgehead atoms. The summed E-state index contributed by atoms with van der Waals surface area (Å²) in [6.07, 6.45) is 9.51. The topological polar surface area (TPSA) is 70.8 Å². The van der Waals surface area contributed by atoms with Crippen LogP contribution in [0, 0.1) is 0 Å². The van der Waals surface area contributed by atoms with Crippen LogP contribution in [0.1, 0.15) is 48.7 Å². The van der Waals surface area contributed by atoms with Crippen molar-refractivity contribution < 1.29 is 0 Å². The van der Waals surface area contributed by atoms with E-state index in [1.165, 1.54) is 34.0 Å². The SMILES string of the molecule is NCCCCN(Cc1nccc2c1[nH]c1ccccc12)C1CCCc2cccnc21. The summed E-state index contributed by atoms with van der Waals surface area (Å²) in [6.45, 7) is 2.56. The van der Waals surface area contributed by atoms with Gasteiger partial charge in [0.25, 0.3) is 0 Å². The van der Waals surface area contributed by atoms with Crippen molar-refractivity contribution in [3.05, 3.63) is 71.8 Å². The molecule has 1 unspecified atom stereocenters. The Labute approximate surface area is 177 Å². The highest BCUT2D eigenvalue weighted by molar-refractivity contribution is 6.07. The van der Waals surface area contributed by atoms with Gasteiger partial charge in [-0.3, -0.25) is 14.9 Å². The number of nitrogens with zero attached hydrogens (tertiary/aromatic N) is 3. The van der Waals surface area contributed by atoms with Crippen LogP contribution in [-0.4, -0.2) is 32.9 Å². The highest BCUT2D eigenvalue weighted by Crippen LogP contribution is 2.35. The van der Waals surface area contributed by atoms with Gasteiger partial charge in [0.15, 0.2) is 0 Å². The summed E-state index contributed by atoms with van der Waals surface area (Å²) in [5, 5.41) is 2.51. The summed E-state index contributed by atoms with van der Waals surface area (Å²) < 4.78 is 0. The molecular weight excluding hydrogens is 370 g/mol. The summed E-state index contributed by atoms with van der Waals surface area (Å²) in [4.78, 5) is 15.8. The molecule has 0 saturated heterocycles. The number of hydrogen-bond acceptors (Lipinski definition) is 4. The second-order valence-corrected chi connectivity index (χ2v) is 8.27. The molecule has 3 N–H and O–H groups in total. The fraction of sp³-hybridized carbons (Fsp3) is 0.360. The highest BCUT2D eigenvalue weighted by Gasteiger charge is 2.27. The van der Waals surface area contributed by atoms with Gasteiger partial charge in [0.2, 0.25) is 0 Å². The van der Waals surface area contributed by atoms with Crippen LogP contribution >= 0.6 is 0 Å². The average Bonchev–Trinajstić information content (AvgIpc) is 3.18. The number of unbranched alkanes of at least 4 members (excludes halogenated alkanes) is 1. The van der Waals surface area contributed by atoms with E-state index in [2.05, 4.69) is 52.3 Å². The number of benzene rings is 1. The summed E-state index contributed by atoms with van der Waals surface area (Å²) in [6, 6.07) is 15.3. The maximum atomic E-state index is 5.79. The predicted octanol–water partition coefficient (Wildman–Crippen LogP) is 4.73. The molecule has 1 aliphatic rings. The van der Waals surface area contributed by atoms with Gasteiger partial charge in [-0.1, -0.05) is 24.3 Å². The van der Waals surface area contributed by atoms with Crippen LogP contribution in [0.15, 0.2) is 54.9 Å². The lowest BCUT2D eigenvalue weighted by Crippen LogP contribution is -2.33. The molecule has 5 heteroatoms. The fourth-order valence-electron chi connectivity index (χ4n) is 4.89. The molecule has 5 rings (SSSR count). The molecule has 4 aromatic rings. The Morgan fingerprint density at radius 2 is 1.93 bits per heavy atom. The minimum atomic E-state index is 0.342. The molecule has 3 heterocycles. The zero-order valence-corrected chi connectivity index (χ0v) is 17.3. The molecule has 1 aliphatic carbocycles. The number of para-hydroxylation sites is 1. The number of fused-ring (bicyclic) bond motifs is 4. The molecular formula is C25H29N5. The van der Waals surface area contributed by atoms with Crippen molar-refractivity contribution in [1.82, 2.24) is 19.9 Å². The minimum absolute atomic E-state index is 0.342. The fourth-order valence-corrected chi connectivity index (χ4v) is 4.89. The highest BCUT2D eigenvalue weighted by atomic mass is 15.2. The third kappa shape index (κ3) is 3.59. The van der Waals surface area contributed by atoms with E-state index in [-0.39, 0.29) is 0 Å². The average molecular weight is 400 g/mol. The van der Waals surface area contributed by atoms with Crippen molar-refractivity contribution in [3.63, 3.8) is 0 Å². The van der Waals surface area contributed by atoms with Gasteiger partial charge in [-0.05, 0) is 69.0 Å². The third-order valence-electron chi connectivity index (χ3n) is 6.36. The van der Waals surface area contributed by atoms with Crippen molar-refractivity contribution in [2.75, 3.05) is 13.1 Å². The largest absolute Gasteiger partial charge is 0.353 e. The maximum Gasteiger partial charge on any atom is 0.0784 e. The van der Waals surface area contributed by atoms with Gasteiger partial charge >= 0.3 is 0 Å². The van der Waals surface area contributed by atoms with Gasteiger partial charge in [0, 0.05) is 35.2 Å². The lowest BCUT2D eigenvalue weighted by Gasteiger charge is -2.35. The Kier molecular flexibility index (Phi) is 5.47. The molecule has 0 amide bonds. The van der Waals surface area contributed by atoms with E-state index in [0.29, 0.717) is 6.04 Å². The molecule has 0 fully saturated rings. The molecule has 5 nitrogen and oxygen atoms in total. The number of aromatic amines is 1. The van der Waals surface area contributed by atoms with Crippen molar-refractivity contribution >= 4 is 21.8 Å². The standard InChI is InChI=1S/C25H29N5/c26-13-3-4-16-30(23-11-5-7-18-8-6-14-28-24(18)23)17-22-25-20(12-15-27-22)19-9-1-2-10-21(19)29-25/h1-2,6,8-10,12,14-15,23,29H,3-5,7,11,13,16-17,26H2. The zero-order chi connectivity index (χ0) is 20.3. The number of H-pyrrole nitrogens is 1. The zero-order valence-electron chi connectivity index (χ0n) is 17.3. The molecule has 0 spiro atoms. The third-order valence-corrected chi connectivity index (χ3v) is 6.36. The molecule has 0 saturated carbocycles. The van der Waals surface area contributed by atoms with E-state index in [4.69, 9.17) is 15.7 Å². The first-order valence-electron chi connectivity index (χ1n) is 11.1. The van der Waals surface area contributed by atoms with Crippen LogP contribution in [0.2, 0.25) is 0 Å². The van der Waals surface area contributed by atoms with Crippen molar-refractivity contribution in [1.29, 1.82) is 0 Å². The van der Waals surface area contributed by atoms with Crippen LogP contribution in [0.4, 0.5) is 0 Å². The second-order valence-electron chi connectivity index (χ2n) is 8.27. The molecule has 0 radical (unpaired) electrons. The van der Waals surface area contributed by atoms with Gasteiger partial charge in [-0.15, -0.1) is 0 Å². The van der Waals surface area contributed by atoms with E-state index in [1.54, 1.807) is 0 Å². The van der Waals surface area contributed by atoms with E-state index in [9.17, 15) is 0 Å². The summed E-state index contributed by atoms with van der Waals surface area (Å²) in [7, 11) is 0. The lowest BCUT2D eigenvalue weighted by atomic mass is 9.90. The van der Waals surface area contributed by atoms with Crippen molar-refractivity contribution in [2.24, 2.45) is 5.73 Å². The van der Waals surface area contributed by atoms with Crippen molar-refractivity contribution in [2.45, 2.75) is 44.7 Å².